The van der Waals surface area contributed by atoms with E-state index in [0.717, 1.165) is 40.1 Å². The van der Waals surface area contributed by atoms with Crippen LogP contribution in [0, 0.1) is 20.8 Å². The molecule has 0 fully saturated rings. The summed E-state index contributed by atoms with van der Waals surface area (Å²) in [5.41, 5.74) is 11.4. The first kappa shape index (κ1) is 48.5. The number of aromatic carboxylic acids is 1. The van der Waals surface area contributed by atoms with E-state index in [9.17, 15) is 14.7 Å². The van der Waals surface area contributed by atoms with E-state index < -0.39 is 5.97 Å². The van der Waals surface area contributed by atoms with Gasteiger partial charge < -0.3 is 25.4 Å². The van der Waals surface area contributed by atoms with Crippen LogP contribution in [0.1, 0.15) is 113 Å². The lowest BCUT2D eigenvalue weighted by atomic mass is 9.87. The normalized spacial score (nSPS) is 12.2. The molecule has 5 aromatic carbocycles. The van der Waals surface area contributed by atoms with E-state index in [1.54, 1.807) is 20.0 Å². The molecule has 1 unspecified atom stereocenters. The zero-order chi connectivity index (χ0) is 47.4. The second-order valence-electron chi connectivity index (χ2n) is 18.1. The van der Waals surface area contributed by atoms with Crippen molar-refractivity contribution in [3.63, 3.8) is 0 Å². The lowest BCUT2D eigenvalue weighted by Gasteiger charge is -2.24. The molecule has 0 bridgehead atoms. The number of carboxylic acid groups (broad SMARTS) is 1. The summed E-state index contributed by atoms with van der Waals surface area (Å²) in [6, 6.07) is 39.8. The summed E-state index contributed by atoms with van der Waals surface area (Å²) in [5.74, 6) is 0.871. The van der Waals surface area contributed by atoms with Crippen LogP contribution in [-0.2, 0) is 23.1 Å². The number of hydrogen-bond acceptors (Lipinski definition) is 7. The standard InChI is InChI=1S/C57H65N5O4/c1-10-30-62(31-29-59-47-25-22-46(23-26-47)57(6,7)8)53(63)36-44-18-14-17-43(34-44)35-52(45-20-27-49(28-21-45)66-50-32-38(2)40(4)39(3)33-50)61-55-54(41(5)58-9)51(56(64)65)37-48(60-55)24-19-42-15-12-11-13-16-42/h11-28,32-34,37,52,59H,10,29-31,35-36H2,1-9H3,(H,60,61)(H,64,65). The number of rotatable bonds is 19. The van der Waals surface area contributed by atoms with Gasteiger partial charge >= 0.3 is 5.97 Å². The number of anilines is 2. The SMILES string of the molecule is CCCN(CCNc1ccc(C(C)(C)C)cc1)C(=O)Cc1cccc(CC(Nc2nc(C=Cc3ccccc3)cc(C(=O)O)c2C(C)=NC)c2ccc(Oc3cc(C)c(C)c(C)c3)cc2)c1. The van der Waals surface area contributed by atoms with Gasteiger partial charge in [0, 0.05) is 38.1 Å². The highest BCUT2D eigenvalue weighted by atomic mass is 16.5. The number of amides is 1. The molecule has 1 heterocycles. The number of aryl methyl sites for hydroxylation is 2. The third kappa shape index (κ3) is 13.1. The van der Waals surface area contributed by atoms with Crippen molar-refractivity contribution in [2.24, 2.45) is 4.99 Å². The fraction of sp³-hybridized carbons (Fsp3) is 0.298. The Morgan fingerprint density at radius 3 is 2.14 bits per heavy atom. The smallest absolute Gasteiger partial charge is 0.336 e. The number of aliphatic imine (C=N–C) groups is 1. The molecule has 3 N–H and O–H groups in total. The van der Waals surface area contributed by atoms with Crippen LogP contribution >= 0.6 is 0 Å². The van der Waals surface area contributed by atoms with E-state index in [-0.39, 0.29) is 29.3 Å². The number of nitrogens with one attached hydrogen (secondary N) is 2. The molecule has 6 rings (SSSR count). The van der Waals surface area contributed by atoms with Gasteiger partial charge in [-0.1, -0.05) is 113 Å². The largest absolute Gasteiger partial charge is 0.478 e. The number of ether oxygens (including phenoxy) is 1. The van der Waals surface area contributed by atoms with Crippen LogP contribution in [0.15, 0.2) is 126 Å². The molecule has 1 aromatic heterocycles. The molecule has 0 saturated heterocycles. The zero-order valence-electron chi connectivity index (χ0n) is 40.0. The number of pyridine rings is 1. The Labute approximate surface area is 391 Å². The quantitative estimate of drug-likeness (QED) is 0.0694. The van der Waals surface area contributed by atoms with E-state index in [0.29, 0.717) is 54.6 Å². The molecule has 66 heavy (non-hydrogen) atoms. The summed E-state index contributed by atoms with van der Waals surface area (Å²) >= 11 is 0. The predicted molar refractivity (Wildman–Crippen MR) is 273 cm³/mol. The van der Waals surface area contributed by atoms with Crippen LogP contribution in [0.25, 0.3) is 12.2 Å². The molecule has 1 amide bonds. The number of hydrogen-bond donors (Lipinski definition) is 3. The Morgan fingerprint density at radius 1 is 0.818 bits per heavy atom. The minimum absolute atomic E-state index is 0.0767. The van der Waals surface area contributed by atoms with Crippen molar-refractivity contribution >= 4 is 41.2 Å². The lowest BCUT2D eigenvalue weighted by molar-refractivity contribution is -0.130. The minimum atomic E-state index is -1.08. The van der Waals surface area contributed by atoms with Crippen molar-refractivity contribution < 1.29 is 19.4 Å². The van der Waals surface area contributed by atoms with Crippen molar-refractivity contribution in [3.8, 4) is 11.5 Å². The van der Waals surface area contributed by atoms with Crippen molar-refractivity contribution in [2.45, 2.75) is 86.1 Å². The molecular formula is C57H65N5O4. The van der Waals surface area contributed by atoms with Gasteiger partial charge in [0.25, 0.3) is 0 Å². The monoisotopic (exact) mass is 884 g/mol. The van der Waals surface area contributed by atoms with Gasteiger partial charge in [0.2, 0.25) is 5.91 Å². The van der Waals surface area contributed by atoms with Crippen LogP contribution in [-0.4, -0.2) is 59.3 Å². The Hall–Kier alpha value is -7.00. The summed E-state index contributed by atoms with van der Waals surface area (Å²) < 4.78 is 6.34. The molecule has 0 aliphatic carbocycles. The Balaban J connectivity index is 1.29. The minimum Gasteiger partial charge on any atom is -0.478 e. The molecule has 9 heteroatoms. The highest BCUT2D eigenvalue weighted by Gasteiger charge is 2.24. The summed E-state index contributed by atoms with van der Waals surface area (Å²) in [6.07, 6.45) is 5.38. The fourth-order valence-corrected chi connectivity index (χ4v) is 7.97. The summed E-state index contributed by atoms with van der Waals surface area (Å²) in [6.45, 7) is 18.7. The summed E-state index contributed by atoms with van der Waals surface area (Å²) in [4.78, 5) is 38.2. The number of carbonyl (C=O) groups is 2. The van der Waals surface area contributed by atoms with Crippen molar-refractivity contribution in [1.82, 2.24) is 9.88 Å². The van der Waals surface area contributed by atoms with Crippen LogP contribution in [0.5, 0.6) is 11.5 Å². The number of carboxylic acids is 1. The molecule has 9 nitrogen and oxygen atoms in total. The maximum atomic E-state index is 13.9. The first-order valence-electron chi connectivity index (χ1n) is 22.9. The first-order chi connectivity index (χ1) is 31.6. The molecule has 0 aliphatic heterocycles. The molecule has 0 spiro atoms. The van der Waals surface area contributed by atoms with Gasteiger partial charge in [0.1, 0.15) is 17.3 Å². The van der Waals surface area contributed by atoms with E-state index in [1.165, 1.54) is 22.3 Å². The lowest BCUT2D eigenvalue weighted by Crippen LogP contribution is -2.36. The molecule has 6 aromatic rings. The van der Waals surface area contributed by atoms with Gasteiger partial charge in [-0.25, -0.2) is 9.78 Å². The Morgan fingerprint density at radius 2 is 1.50 bits per heavy atom. The van der Waals surface area contributed by atoms with Crippen LogP contribution in [0.2, 0.25) is 0 Å². The van der Waals surface area contributed by atoms with Gasteiger partial charge in [-0.2, -0.15) is 0 Å². The van der Waals surface area contributed by atoms with E-state index in [1.807, 2.05) is 95.9 Å². The van der Waals surface area contributed by atoms with Gasteiger partial charge in [0.05, 0.1) is 29.3 Å². The zero-order valence-corrected chi connectivity index (χ0v) is 40.0. The molecule has 342 valence electrons. The highest BCUT2D eigenvalue weighted by molar-refractivity contribution is 6.11. The number of benzene rings is 5. The Kier molecular flexibility index (Phi) is 16.3. The number of aromatic nitrogens is 1. The average molecular weight is 884 g/mol. The fourth-order valence-electron chi connectivity index (χ4n) is 7.97. The maximum Gasteiger partial charge on any atom is 0.336 e. The third-order valence-corrected chi connectivity index (χ3v) is 12.0. The van der Waals surface area contributed by atoms with E-state index >= 15 is 0 Å². The highest BCUT2D eigenvalue weighted by Crippen LogP contribution is 2.32. The molecule has 0 radical (unpaired) electrons. The Bertz CT molecular complexity index is 2640. The molecule has 1 atom stereocenters. The van der Waals surface area contributed by atoms with Crippen molar-refractivity contribution in [1.29, 1.82) is 0 Å². The third-order valence-electron chi connectivity index (χ3n) is 12.0. The van der Waals surface area contributed by atoms with E-state index in [4.69, 9.17) is 9.72 Å². The van der Waals surface area contributed by atoms with Crippen LogP contribution in [0.3, 0.4) is 0 Å². The number of nitrogens with zero attached hydrogens (tertiary/aromatic N) is 3. The predicted octanol–water partition coefficient (Wildman–Crippen LogP) is 12.7. The number of carbonyl (C=O) groups excluding carboxylic acids is 1. The molecular weight excluding hydrogens is 819 g/mol. The van der Waals surface area contributed by atoms with E-state index in [2.05, 4.69) is 100 Å². The average Bonchev–Trinajstić information content (AvgIpc) is 3.29. The summed E-state index contributed by atoms with van der Waals surface area (Å²) in [7, 11) is 1.65. The van der Waals surface area contributed by atoms with Gasteiger partial charge in [-0.3, -0.25) is 9.79 Å². The van der Waals surface area contributed by atoms with Gasteiger partial charge in [0.15, 0.2) is 0 Å². The maximum absolute atomic E-state index is 13.9. The molecule has 0 aliphatic rings. The van der Waals surface area contributed by atoms with Gasteiger partial charge in [-0.15, -0.1) is 0 Å². The second-order valence-corrected chi connectivity index (χ2v) is 18.1. The van der Waals surface area contributed by atoms with Crippen molar-refractivity contribution in [2.75, 3.05) is 37.3 Å². The summed E-state index contributed by atoms with van der Waals surface area (Å²) in [5, 5.41) is 17.7. The topological polar surface area (TPSA) is 116 Å². The first-order valence-corrected chi connectivity index (χ1v) is 22.9. The van der Waals surface area contributed by atoms with Crippen LogP contribution < -0.4 is 15.4 Å². The second kappa shape index (κ2) is 22.3. The van der Waals surface area contributed by atoms with Crippen LogP contribution in [0.4, 0.5) is 11.5 Å². The van der Waals surface area contributed by atoms with Crippen molar-refractivity contribution in [3.05, 3.63) is 183 Å². The molecule has 0 saturated carbocycles. The van der Waals surface area contributed by atoms with Gasteiger partial charge in [-0.05, 0) is 139 Å².